The van der Waals surface area contributed by atoms with Crippen LogP contribution >= 0.6 is 0 Å². The molecular weight excluding hydrogens is 234 g/mol. The highest BCUT2D eigenvalue weighted by atomic mass is 16.8. The molecule has 5 nitrogen and oxygen atoms in total. The second kappa shape index (κ2) is 2.72. The van der Waals surface area contributed by atoms with E-state index in [0.717, 1.165) is 11.3 Å². The molecule has 0 saturated carbocycles. The van der Waals surface area contributed by atoms with Crippen molar-refractivity contribution >= 4 is 5.69 Å². The summed E-state index contributed by atoms with van der Waals surface area (Å²) in [6.07, 6.45) is -0.101. The summed E-state index contributed by atoms with van der Waals surface area (Å²) in [7, 11) is 0. The molecule has 3 fully saturated rings. The minimum absolute atomic E-state index is 0.105. The van der Waals surface area contributed by atoms with Gasteiger partial charge in [0.25, 0.3) is 0 Å². The van der Waals surface area contributed by atoms with Crippen molar-refractivity contribution in [2.75, 3.05) is 24.7 Å². The van der Waals surface area contributed by atoms with Crippen LogP contribution in [0.1, 0.15) is 5.56 Å². The summed E-state index contributed by atoms with van der Waals surface area (Å²) < 4.78 is 17.2. The lowest BCUT2D eigenvalue weighted by molar-refractivity contribution is -0.274. The van der Waals surface area contributed by atoms with E-state index < -0.39 is 11.5 Å². The Hall–Kier alpha value is -1.14. The molecule has 3 atom stereocenters. The Kier molecular flexibility index (Phi) is 1.47. The van der Waals surface area contributed by atoms with Gasteiger partial charge in [-0.1, -0.05) is 18.2 Å². The molecule has 5 heteroatoms. The molecule has 0 radical (unpaired) electrons. The van der Waals surface area contributed by atoms with E-state index in [9.17, 15) is 5.11 Å². The average Bonchev–Trinajstić information content (AvgIpc) is 2.81. The molecule has 4 aliphatic heterocycles. The first kappa shape index (κ1) is 9.75. The summed E-state index contributed by atoms with van der Waals surface area (Å²) >= 11 is 0. The number of aliphatic hydroxyl groups is 1. The van der Waals surface area contributed by atoms with Gasteiger partial charge in [0, 0.05) is 11.3 Å². The summed E-state index contributed by atoms with van der Waals surface area (Å²) in [5, 5.41) is 11.2. The lowest BCUT2D eigenvalue weighted by Gasteiger charge is -2.39. The Bertz CT molecular complexity index is 542. The van der Waals surface area contributed by atoms with Gasteiger partial charge in [-0.05, 0) is 6.07 Å². The zero-order valence-electron chi connectivity index (χ0n) is 9.70. The summed E-state index contributed by atoms with van der Waals surface area (Å²) in [5.74, 6) is -1.07. The van der Waals surface area contributed by atoms with Gasteiger partial charge in [0.2, 0.25) is 11.5 Å². The van der Waals surface area contributed by atoms with Gasteiger partial charge in [0.1, 0.15) is 12.2 Å². The van der Waals surface area contributed by atoms with Crippen molar-refractivity contribution in [2.24, 2.45) is 0 Å². The number of anilines is 1. The Labute approximate surface area is 104 Å². The van der Waals surface area contributed by atoms with Gasteiger partial charge in [0.05, 0.1) is 19.8 Å². The van der Waals surface area contributed by atoms with E-state index in [1.807, 2.05) is 29.2 Å². The molecule has 1 aromatic carbocycles. The van der Waals surface area contributed by atoms with Gasteiger partial charge in [-0.2, -0.15) is 0 Å². The molecule has 1 spiro atoms. The van der Waals surface area contributed by atoms with Gasteiger partial charge < -0.3 is 24.2 Å². The van der Waals surface area contributed by atoms with E-state index in [4.69, 9.17) is 14.2 Å². The van der Waals surface area contributed by atoms with E-state index >= 15 is 0 Å². The highest BCUT2D eigenvalue weighted by Gasteiger charge is 2.79. The van der Waals surface area contributed by atoms with Crippen LogP contribution in [0.15, 0.2) is 24.3 Å². The predicted octanol–water partition coefficient (Wildman–Crippen LogP) is 0.176. The standard InChI is InChI=1S/C13H13NO4/c15-12-11-10(18-11)7-14(12)9-4-2-1-3-8(9)13(12)16-5-6-17-13/h1-4,10-11,15H,5-7H2/t10-,11-,12-/m1/s1. The minimum Gasteiger partial charge on any atom is -0.364 e. The number of benzene rings is 1. The van der Waals surface area contributed by atoms with Crippen LogP contribution in [-0.2, 0) is 20.0 Å². The first-order valence-corrected chi connectivity index (χ1v) is 6.30. The van der Waals surface area contributed by atoms with Crippen LogP contribution in [0.5, 0.6) is 0 Å². The molecule has 94 valence electrons. The first-order valence-electron chi connectivity index (χ1n) is 6.30. The normalized spacial score (nSPS) is 41.9. The van der Waals surface area contributed by atoms with Crippen LogP contribution in [0, 0.1) is 0 Å². The number of rotatable bonds is 0. The number of para-hydroxylation sites is 1. The number of morpholine rings is 1. The van der Waals surface area contributed by atoms with Crippen molar-refractivity contribution in [1.82, 2.24) is 0 Å². The molecule has 18 heavy (non-hydrogen) atoms. The molecule has 1 aromatic rings. The van der Waals surface area contributed by atoms with E-state index in [-0.39, 0.29) is 12.2 Å². The van der Waals surface area contributed by atoms with Crippen molar-refractivity contribution in [1.29, 1.82) is 0 Å². The molecule has 4 heterocycles. The highest BCUT2D eigenvalue weighted by Crippen LogP contribution is 2.62. The van der Waals surface area contributed by atoms with Gasteiger partial charge >= 0.3 is 0 Å². The topological polar surface area (TPSA) is 54.5 Å². The number of ether oxygens (including phenoxy) is 3. The van der Waals surface area contributed by atoms with Gasteiger partial charge in [-0.25, -0.2) is 0 Å². The van der Waals surface area contributed by atoms with Crippen LogP contribution in [0.2, 0.25) is 0 Å². The Morgan fingerprint density at radius 2 is 2.00 bits per heavy atom. The van der Waals surface area contributed by atoms with E-state index in [2.05, 4.69) is 0 Å². The molecule has 4 aliphatic rings. The quantitative estimate of drug-likeness (QED) is 0.663. The zero-order chi connectivity index (χ0) is 12.0. The molecule has 0 amide bonds. The van der Waals surface area contributed by atoms with E-state index in [1.54, 1.807) is 0 Å². The lowest BCUT2D eigenvalue weighted by Crippen LogP contribution is -2.60. The Morgan fingerprint density at radius 3 is 2.83 bits per heavy atom. The first-order chi connectivity index (χ1) is 8.77. The van der Waals surface area contributed by atoms with Gasteiger partial charge in [-0.3, -0.25) is 0 Å². The predicted molar refractivity (Wildman–Crippen MR) is 61.0 cm³/mol. The maximum Gasteiger partial charge on any atom is 0.249 e. The molecule has 0 bridgehead atoms. The highest BCUT2D eigenvalue weighted by molar-refractivity contribution is 5.67. The molecule has 0 aromatic heterocycles. The van der Waals surface area contributed by atoms with Crippen molar-refractivity contribution in [3.63, 3.8) is 0 Å². The molecule has 3 saturated heterocycles. The maximum absolute atomic E-state index is 11.2. The third kappa shape index (κ3) is 0.797. The molecular formula is C13H13NO4. The van der Waals surface area contributed by atoms with Crippen molar-refractivity contribution in [2.45, 2.75) is 23.7 Å². The Balaban J connectivity index is 1.80. The van der Waals surface area contributed by atoms with E-state index in [1.165, 1.54) is 0 Å². The van der Waals surface area contributed by atoms with Gasteiger partial charge in [0.15, 0.2) is 0 Å². The number of hydrogen-bond donors (Lipinski definition) is 1. The number of nitrogens with zero attached hydrogens (tertiary/aromatic N) is 1. The number of epoxide rings is 1. The second-order valence-electron chi connectivity index (χ2n) is 5.26. The summed E-state index contributed by atoms with van der Waals surface area (Å²) in [4.78, 5) is 1.98. The van der Waals surface area contributed by atoms with Gasteiger partial charge in [-0.15, -0.1) is 0 Å². The molecule has 5 rings (SSSR count). The van der Waals surface area contributed by atoms with E-state index in [0.29, 0.717) is 19.8 Å². The van der Waals surface area contributed by atoms with Crippen LogP contribution < -0.4 is 4.90 Å². The fourth-order valence-corrected chi connectivity index (χ4v) is 3.72. The lowest BCUT2D eigenvalue weighted by atomic mass is 9.96. The monoisotopic (exact) mass is 247 g/mol. The summed E-state index contributed by atoms with van der Waals surface area (Å²) in [6, 6.07) is 7.89. The summed E-state index contributed by atoms with van der Waals surface area (Å²) in [5.41, 5.74) is 0.703. The third-order valence-electron chi connectivity index (χ3n) is 4.48. The smallest absolute Gasteiger partial charge is 0.249 e. The second-order valence-corrected chi connectivity index (χ2v) is 5.26. The fourth-order valence-electron chi connectivity index (χ4n) is 3.72. The molecule has 0 aliphatic carbocycles. The summed E-state index contributed by atoms with van der Waals surface area (Å²) in [6.45, 7) is 1.70. The zero-order valence-corrected chi connectivity index (χ0v) is 9.70. The number of fused-ring (bicyclic) bond motifs is 7. The van der Waals surface area contributed by atoms with Crippen molar-refractivity contribution in [3.05, 3.63) is 29.8 Å². The third-order valence-corrected chi connectivity index (χ3v) is 4.48. The number of hydrogen-bond acceptors (Lipinski definition) is 5. The van der Waals surface area contributed by atoms with Crippen molar-refractivity contribution < 1.29 is 19.3 Å². The van der Waals surface area contributed by atoms with Crippen LogP contribution in [-0.4, -0.2) is 42.8 Å². The maximum atomic E-state index is 11.2. The van der Waals surface area contributed by atoms with Crippen LogP contribution in [0.4, 0.5) is 5.69 Å². The Morgan fingerprint density at radius 1 is 1.22 bits per heavy atom. The average molecular weight is 247 g/mol. The largest absolute Gasteiger partial charge is 0.364 e. The molecule has 0 unspecified atom stereocenters. The minimum atomic E-state index is -1.21. The van der Waals surface area contributed by atoms with Crippen molar-refractivity contribution in [3.8, 4) is 0 Å². The fraction of sp³-hybridized carbons (Fsp3) is 0.538. The molecule has 1 N–H and O–H groups in total. The van der Waals surface area contributed by atoms with Crippen LogP contribution in [0.3, 0.4) is 0 Å². The van der Waals surface area contributed by atoms with Crippen LogP contribution in [0.25, 0.3) is 0 Å². The SMILES string of the molecule is O[C@@]12[C@@H]3O[C@@H]3CN1c1ccccc1C21OCCO1.